The number of hydrogen-bond acceptors (Lipinski definition) is 4. The summed E-state index contributed by atoms with van der Waals surface area (Å²) in [5, 5.41) is 3.28. The summed E-state index contributed by atoms with van der Waals surface area (Å²) in [6.45, 7) is 15.3. The average Bonchev–Trinajstić information content (AvgIpc) is 2.48. The summed E-state index contributed by atoms with van der Waals surface area (Å²) in [4.78, 5) is 25.9. The Morgan fingerprint density at radius 2 is 1.77 bits per heavy atom. The molecule has 22 heavy (non-hydrogen) atoms. The third-order valence-corrected chi connectivity index (χ3v) is 4.10. The molecule has 0 saturated carbocycles. The molecule has 0 aliphatic heterocycles. The third-order valence-electron chi connectivity index (χ3n) is 4.10. The highest BCUT2D eigenvalue weighted by atomic mass is 16.1. The summed E-state index contributed by atoms with van der Waals surface area (Å²) in [5.74, 6) is 0.776. The van der Waals surface area contributed by atoms with Crippen LogP contribution in [0, 0.1) is 11.8 Å². The molecular weight excluding hydrogens is 276 g/mol. The fraction of sp³-hybridized carbons (Fsp3) is 0.778. The molecule has 0 radical (unpaired) electrons. The van der Waals surface area contributed by atoms with E-state index in [-0.39, 0.29) is 23.5 Å². The summed E-state index contributed by atoms with van der Waals surface area (Å²) in [7, 11) is 1.89. The molecule has 4 heteroatoms. The van der Waals surface area contributed by atoms with Crippen LogP contribution in [0.15, 0.2) is 12.3 Å². The molecule has 0 rings (SSSR count). The molecule has 0 aromatic rings. The van der Waals surface area contributed by atoms with E-state index in [0.717, 1.165) is 25.1 Å². The van der Waals surface area contributed by atoms with Crippen molar-refractivity contribution in [2.75, 3.05) is 20.1 Å². The van der Waals surface area contributed by atoms with Crippen molar-refractivity contribution in [2.24, 2.45) is 11.8 Å². The minimum atomic E-state index is -0.0762. The second-order valence-corrected chi connectivity index (χ2v) is 6.44. The Labute approximate surface area is 136 Å². The van der Waals surface area contributed by atoms with Crippen LogP contribution < -0.4 is 5.32 Å². The van der Waals surface area contributed by atoms with Gasteiger partial charge in [-0.1, -0.05) is 41.2 Å². The molecule has 0 spiro atoms. The van der Waals surface area contributed by atoms with E-state index in [0.29, 0.717) is 18.9 Å². The van der Waals surface area contributed by atoms with Crippen molar-refractivity contribution in [1.82, 2.24) is 10.2 Å². The molecule has 0 fully saturated rings. The maximum atomic E-state index is 12.5. The Balaban J connectivity index is 4.41. The zero-order chi connectivity index (χ0) is 17.3. The maximum absolute atomic E-state index is 12.5. The molecule has 0 aromatic carbocycles. The van der Waals surface area contributed by atoms with Crippen LogP contribution in [-0.2, 0) is 9.59 Å². The van der Waals surface area contributed by atoms with E-state index in [1.54, 1.807) is 0 Å². The van der Waals surface area contributed by atoms with Gasteiger partial charge >= 0.3 is 0 Å². The topological polar surface area (TPSA) is 49.4 Å². The highest BCUT2D eigenvalue weighted by Crippen LogP contribution is 2.18. The van der Waals surface area contributed by atoms with Crippen LogP contribution >= 0.6 is 0 Å². The van der Waals surface area contributed by atoms with E-state index in [1.807, 2.05) is 32.7 Å². The molecule has 1 N–H and O–H groups in total. The second kappa shape index (κ2) is 10.5. The molecule has 0 heterocycles. The number of likely N-dealkylation sites (N-methyl/N-ethyl adjacent to an activating group) is 2. The Morgan fingerprint density at radius 1 is 1.18 bits per heavy atom. The third kappa shape index (κ3) is 7.21. The highest BCUT2D eigenvalue weighted by molar-refractivity contribution is 5.86. The van der Waals surface area contributed by atoms with Crippen LogP contribution in [0.5, 0.6) is 0 Å². The molecule has 0 aromatic heterocycles. The lowest BCUT2D eigenvalue weighted by Gasteiger charge is -2.25. The number of nitrogens with zero attached hydrogens (tertiary/aromatic N) is 1. The van der Waals surface area contributed by atoms with Gasteiger partial charge in [-0.25, -0.2) is 0 Å². The van der Waals surface area contributed by atoms with Crippen LogP contribution in [0.4, 0.5) is 0 Å². The summed E-state index contributed by atoms with van der Waals surface area (Å²) < 4.78 is 0. The Hall–Kier alpha value is -1.16. The van der Waals surface area contributed by atoms with E-state index in [4.69, 9.17) is 0 Å². The number of allylic oxidation sites excluding steroid dienone is 1. The Kier molecular flexibility index (Phi) is 9.99. The normalized spacial score (nSPS) is 13.8. The molecule has 0 aliphatic rings. The average molecular weight is 310 g/mol. The SMILES string of the molecule is C=C(CCC(C)C(=O)C(NCC)C(C)C)N(C)CC(=O)CC. The summed E-state index contributed by atoms with van der Waals surface area (Å²) in [6, 6.07) is -0.0762. The molecular formula is C18H34N2O2. The van der Waals surface area contributed by atoms with Gasteiger partial charge < -0.3 is 10.2 Å². The minimum absolute atomic E-state index is 0.00141. The van der Waals surface area contributed by atoms with Crippen LogP contribution in [0.1, 0.15) is 53.9 Å². The minimum Gasteiger partial charge on any atom is -0.371 e. The number of ketones is 2. The Morgan fingerprint density at radius 3 is 2.23 bits per heavy atom. The first kappa shape index (κ1) is 20.8. The van der Waals surface area contributed by atoms with Gasteiger partial charge in [-0.2, -0.15) is 0 Å². The van der Waals surface area contributed by atoms with E-state index in [1.165, 1.54) is 0 Å². The second-order valence-electron chi connectivity index (χ2n) is 6.44. The molecule has 2 unspecified atom stereocenters. The van der Waals surface area contributed by atoms with E-state index < -0.39 is 0 Å². The van der Waals surface area contributed by atoms with E-state index in [9.17, 15) is 9.59 Å². The lowest BCUT2D eigenvalue weighted by molar-refractivity contribution is -0.125. The summed E-state index contributed by atoms with van der Waals surface area (Å²) >= 11 is 0. The number of nitrogens with one attached hydrogen (secondary N) is 1. The first-order chi connectivity index (χ1) is 10.2. The largest absolute Gasteiger partial charge is 0.371 e. The van der Waals surface area contributed by atoms with Crippen LogP contribution in [-0.4, -0.2) is 42.6 Å². The first-order valence-electron chi connectivity index (χ1n) is 8.42. The lowest BCUT2D eigenvalue weighted by atomic mass is 9.89. The molecule has 2 atom stereocenters. The Bertz CT molecular complexity index is 377. The summed E-state index contributed by atoms with van der Waals surface area (Å²) in [5.41, 5.74) is 0.922. The van der Waals surface area contributed by atoms with Crippen LogP contribution in [0.2, 0.25) is 0 Å². The smallest absolute Gasteiger partial charge is 0.152 e. The molecule has 0 amide bonds. The van der Waals surface area contributed by atoms with Crippen molar-refractivity contribution in [3.8, 4) is 0 Å². The van der Waals surface area contributed by atoms with Crippen molar-refractivity contribution in [3.63, 3.8) is 0 Å². The fourth-order valence-electron chi connectivity index (χ4n) is 2.40. The van der Waals surface area contributed by atoms with Gasteiger partial charge in [0.05, 0.1) is 12.6 Å². The van der Waals surface area contributed by atoms with Gasteiger partial charge in [0.25, 0.3) is 0 Å². The quantitative estimate of drug-likeness (QED) is 0.602. The van der Waals surface area contributed by atoms with Crippen molar-refractivity contribution in [2.45, 2.75) is 59.9 Å². The molecule has 4 nitrogen and oxygen atoms in total. The number of Topliss-reactive ketones (excluding diaryl/α,β-unsaturated/α-hetero) is 2. The monoisotopic (exact) mass is 310 g/mol. The molecule has 0 bridgehead atoms. The summed E-state index contributed by atoms with van der Waals surface area (Å²) in [6.07, 6.45) is 2.07. The predicted octanol–water partition coefficient (Wildman–Crippen LogP) is 3.03. The molecule has 0 aliphatic carbocycles. The van der Waals surface area contributed by atoms with Gasteiger partial charge in [-0.05, 0) is 25.3 Å². The number of carbonyl (C=O) groups is 2. The van der Waals surface area contributed by atoms with Crippen molar-refractivity contribution in [1.29, 1.82) is 0 Å². The number of hydrogen-bond donors (Lipinski definition) is 1. The van der Waals surface area contributed by atoms with Gasteiger partial charge in [0.15, 0.2) is 11.6 Å². The van der Waals surface area contributed by atoms with Gasteiger partial charge in [0, 0.05) is 25.1 Å². The standard InChI is InChI=1S/C18H34N2O2/c1-8-16(21)12-20(7)15(6)11-10-14(5)18(22)17(13(3)4)19-9-2/h13-14,17,19H,6,8-12H2,1-5,7H3. The van der Waals surface area contributed by atoms with Gasteiger partial charge in [0.2, 0.25) is 0 Å². The van der Waals surface area contributed by atoms with Crippen LogP contribution in [0.25, 0.3) is 0 Å². The van der Waals surface area contributed by atoms with Gasteiger partial charge in [0.1, 0.15) is 0 Å². The number of rotatable bonds is 12. The predicted molar refractivity (Wildman–Crippen MR) is 92.8 cm³/mol. The van der Waals surface area contributed by atoms with Crippen molar-refractivity contribution >= 4 is 11.6 Å². The van der Waals surface area contributed by atoms with Crippen LogP contribution in [0.3, 0.4) is 0 Å². The van der Waals surface area contributed by atoms with E-state index in [2.05, 4.69) is 25.7 Å². The number of carbonyl (C=O) groups excluding carboxylic acids is 2. The highest BCUT2D eigenvalue weighted by Gasteiger charge is 2.25. The van der Waals surface area contributed by atoms with Crippen molar-refractivity contribution in [3.05, 3.63) is 12.3 Å². The zero-order valence-electron chi connectivity index (χ0n) is 15.2. The van der Waals surface area contributed by atoms with Crippen molar-refractivity contribution < 1.29 is 9.59 Å². The van der Waals surface area contributed by atoms with Gasteiger partial charge in [-0.3, -0.25) is 9.59 Å². The maximum Gasteiger partial charge on any atom is 0.152 e. The fourth-order valence-corrected chi connectivity index (χ4v) is 2.40. The molecule has 128 valence electrons. The van der Waals surface area contributed by atoms with E-state index >= 15 is 0 Å². The molecule has 0 saturated heterocycles. The lowest BCUT2D eigenvalue weighted by Crippen LogP contribution is -2.43. The first-order valence-corrected chi connectivity index (χ1v) is 8.42. The van der Waals surface area contributed by atoms with Gasteiger partial charge in [-0.15, -0.1) is 0 Å². The zero-order valence-corrected chi connectivity index (χ0v) is 15.2.